The van der Waals surface area contributed by atoms with Crippen molar-refractivity contribution in [1.82, 2.24) is 14.7 Å². The summed E-state index contributed by atoms with van der Waals surface area (Å²) in [5, 5.41) is 5.48. The summed E-state index contributed by atoms with van der Waals surface area (Å²) < 4.78 is 7.28. The number of rotatable bonds is 9. The van der Waals surface area contributed by atoms with Gasteiger partial charge in [-0.25, -0.2) is 0 Å². The van der Waals surface area contributed by atoms with Crippen molar-refractivity contribution >= 4 is 23.4 Å². The smallest absolute Gasteiger partial charge is 0.257 e. The average molecular weight is 489 g/mol. The highest BCUT2D eigenvalue weighted by Gasteiger charge is 2.20. The zero-order valence-electron chi connectivity index (χ0n) is 19.2. The lowest BCUT2D eigenvalue weighted by Gasteiger charge is -2.19. The van der Waals surface area contributed by atoms with E-state index < -0.39 is 5.91 Å². The fourth-order valence-corrected chi connectivity index (χ4v) is 3.95. The molecule has 1 aromatic heterocycles. The number of hydrogen-bond donors (Lipinski definition) is 1. The maximum absolute atomic E-state index is 13.3. The number of primary amides is 1. The molecule has 0 spiro atoms. The number of nitrogens with zero attached hydrogens (tertiary/aromatic N) is 3. The van der Waals surface area contributed by atoms with Crippen LogP contribution in [-0.4, -0.2) is 40.1 Å². The average Bonchev–Trinajstić information content (AvgIpc) is 3.26. The standard InChI is InChI=1S/C27H25ClN4O3/c1-31(27(34)22-12-6-8-14-24(22)35-18-25(29)33)15-21-17-32(16-20-11-5-7-13-23(20)28)30-26(21)19-9-3-2-4-10-19/h2-14,17H,15-16,18H2,1H3,(H2,29,33). The molecule has 0 atom stereocenters. The van der Waals surface area contributed by atoms with Gasteiger partial charge in [-0.3, -0.25) is 14.3 Å². The van der Waals surface area contributed by atoms with E-state index in [9.17, 15) is 9.59 Å². The number of ether oxygens (including phenoxy) is 1. The third kappa shape index (κ3) is 5.88. The molecule has 4 rings (SSSR count). The van der Waals surface area contributed by atoms with Crippen LogP contribution < -0.4 is 10.5 Å². The third-order valence-corrected chi connectivity index (χ3v) is 5.79. The molecule has 2 N–H and O–H groups in total. The Balaban J connectivity index is 1.62. The van der Waals surface area contributed by atoms with Gasteiger partial charge in [0, 0.05) is 35.9 Å². The van der Waals surface area contributed by atoms with Crippen molar-refractivity contribution in [2.45, 2.75) is 13.1 Å². The number of carbonyl (C=O) groups excluding carboxylic acids is 2. The number of amides is 2. The van der Waals surface area contributed by atoms with Crippen LogP contribution in [0.25, 0.3) is 11.3 Å². The van der Waals surface area contributed by atoms with E-state index in [-0.39, 0.29) is 12.5 Å². The molecule has 0 radical (unpaired) electrons. The van der Waals surface area contributed by atoms with Gasteiger partial charge in [0.15, 0.2) is 6.61 Å². The fourth-order valence-electron chi connectivity index (χ4n) is 3.75. The summed E-state index contributed by atoms with van der Waals surface area (Å²) in [6.45, 7) is 0.512. The van der Waals surface area contributed by atoms with Crippen molar-refractivity contribution in [3.8, 4) is 17.0 Å². The summed E-state index contributed by atoms with van der Waals surface area (Å²) in [6.07, 6.45) is 1.94. The monoisotopic (exact) mass is 488 g/mol. The Labute approximate surface area is 208 Å². The van der Waals surface area contributed by atoms with E-state index in [4.69, 9.17) is 27.2 Å². The predicted molar refractivity (Wildman–Crippen MR) is 135 cm³/mol. The molecule has 0 bridgehead atoms. The van der Waals surface area contributed by atoms with E-state index in [1.807, 2.05) is 65.5 Å². The molecule has 0 saturated carbocycles. The van der Waals surface area contributed by atoms with Gasteiger partial charge in [-0.2, -0.15) is 5.10 Å². The number of nitrogens with two attached hydrogens (primary N) is 1. The van der Waals surface area contributed by atoms with E-state index in [2.05, 4.69) is 0 Å². The maximum atomic E-state index is 13.3. The van der Waals surface area contributed by atoms with Crippen molar-refractivity contribution in [2.24, 2.45) is 5.73 Å². The highest BCUT2D eigenvalue weighted by Crippen LogP contribution is 2.26. The minimum absolute atomic E-state index is 0.247. The Kier molecular flexibility index (Phi) is 7.48. The number of hydrogen-bond acceptors (Lipinski definition) is 4. The van der Waals surface area contributed by atoms with Gasteiger partial charge in [0.2, 0.25) is 0 Å². The van der Waals surface area contributed by atoms with Crippen LogP contribution in [-0.2, 0) is 17.9 Å². The quantitative estimate of drug-likeness (QED) is 0.378. The second-order valence-corrected chi connectivity index (χ2v) is 8.48. The minimum atomic E-state index is -0.612. The lowest BCUT2D eigenvalue weighted by Crippen LogP contribution is -2.27. The zero-order chi connectivity index (χ0) is 24.8. The van der Waals surface area contributed by atoms with Crippen LogP contribution in [0.15, 0.2) is 85.1 Å². The van der Waals surface area contributed by atoms with E-state index in [1.54, 1.807) is 36.2 Å². The largest absolute Gasteiger partial charge is 0.483 e. The third-order valence-electron chi connectivity index (χ3n) is 5.42. The van der Waals surface area contributed by atoms with Gasteiger partial charge in [-0.1, -0.05) is 72.3 Å². The van der Waals surface area contributed by atoms with Crippen molar-refractivity contribution in [3.63, 3.8) is 0 Å². The lowest BCUT2D eigenvalue weighted by molar-refractivity contribution is -0.119. The van der Waals surface area contributed by atoms with Crippen LogP contribution in [0.2, 0.25) is 5.02 Å². The van der Waals surface area contributed by atoms with Crippen LogP contribution in [0, 0.1) is 0 Å². The van der Waals surface area contributed by atoms with Crippen LogP contribution >= 0.6 is 11.6 Å². The summed E-state index contributed by atoms with van der Waals surface area (Å²) in [7, 11) is 1.72. The molecule has 0 aliphatic heterocycles. The Morgan fingerprint density at radius 1 is 0.971 bits per heavy atom. The Hall–Kier alpha value is -4.10. The normalized spacial score (nSPS) is 10.7. The summed E-state index contributed by atoms with van der Waals surface area (Å²) in [5.74, 6) is -0.553. The number of aromatic nitrogens is 2. The molecule has 8 heteroatoms. The van der Waals surface area contributed by atoms with Crippen LogP contribution in [0.3, 0.4) is 0 Å². The SMILES string of the molecule is CN(Cc1cn(Cc2ccccc2Cl)nc1-c1ccccc1)C(=O)c1ccccc1OCC(N)=O. The van der Waals surface area contributed by atoms with Crippen molar-refractivity contribution < 1.29 is 14.3 Å². The molecular formula is C27H25ClN4O3. The molecule has 35 heavy (non-hydrogen) atoms. The molecule has 2 amide bonds. The molecular weight excluding hydrogens is 464 g/mol. The summed E-state index contributed by atoms with van der Waals surface area (Å²) in [4.78, 5) is 26.0. The molecule has 0 aliphatic rings. The van der Waals surface area contributed by atoms with Crippen LogP contribution in [0.4, 0.5) is 0 Å². The van der Waals surface area contributed by atoms with Gasteiger partial charge in [-0.15, -0.1) is 0 Å². The van der Waals surface area contributed by atoms with E-state index in [0.29, 0.717) is 29.4 Å². The molecule has 0 fully saturated rings. The first-order chi connectivity index (χ1) is 16.9. The number of carbonyl (C=O) groups is 2. The van der Waals surface area contributed by atoms with Crippen LogP contribution in [0.1, 0.15) is 21.5 Å². The molecule has 178 valence electrons. The highest BCUT2D eigenvalue weighted by atomic mass is 35.5. The first kappa shape index (κ1) is 24.0. The molecule has 1 heterocycles. The molecule has 0 aliphatic carbocycles. The zero-order valence-corrected chi connectivity index (χ0v) is 20.0. The summed E-state index contributed by atoms with van der Waals surface area (Å²) >= 11 is 6.36. The van der Waals surface area contributed by atoms with Crippen molar-refractivity contribution in [2.75, 3.05) is 13.7 Å². The molecule has 0 saturated heterocycles. The Morgan fingerprint density at radius 3 is 2.40 bits per heavy atom. The molecule has 4 aromatic rings. The lowest BCUT2D eigenvalue weighted by atomic mass is 10.1. The van der Waals surface area contributed by atoms with Gasteiger partial charge in [0.25, 0.3) is 11.8 Å². The number of benzene rings is 3. The Morgan fingerprint density at radius 2 is 1.66 bits per heavy atom. The minimum Gasteiger partial charge on any atom is -0.483 e. The fraction of sp³-hybridized carbons (Fsp3) is 0.148. The Bertz CT molecular complexity index is 1340. The molecule has 7 nitrogen and oxygen atoms in total. The molecule has 0 unspecified atom stereocenters. The molecule has 3 aromatic carbocycles. The van der Waals surface area contributed by atoms with E-state index in [1.165, 1.54) is 0 Å². The summed E-state index contributed by atoms with van der Waals surface area (Å²) in [6, 6.07) is 24.2. The van der Waals surface area contributed by atoms with Gasteiger partial charge < -0.3 is 15.4 Å². The van der Waals surface area contributed by atoms with Gasteiger partial charge >= 0.3 is 0 Å². The summed E-state index contributed by atoms with van der Waals surface area (Å²) in [5.41, 5.74) is 9.11. The topological polar surface area (TPSA) is 90.4 Å². The van der Waals surface area contributed by atoms with Crippen molar-refractivity contribution in [1.29, 1.82) is 0 Å². The second kappa shape index (κ2) is 10.9. The van der Waals surface area contributed by atoms with Gasteiger partial charge in [0.1, 0.15) is 5.75 Å². The van der Waals surface area contributed by atoms with Crippen molar-refractivity contribution in [3.05, 3.63) is 107 Å². The predicted octanol–water partition coefficient (Wildman–Crippen LogP) is 4.39. The van der Waals surface area contributed by atoms with E-state index >= 15 is 0 Å². The maximum Gasteiger partial charge on any atom is 0.257 e. The van der Waals surface area contributed by atoms with Gasteiger partial charge in [0.05, 0.1) is 17.8 Å². The second-order valence-electron chi connectivity index (χ2n) is 8.07. The van der Waals surface area contributed by atoms with Crippen LogP contribution in [0.5, 0.6) is 5.75 Å². The first-order valence-corrected chi connectivity index (χ1v) is 11.4. The van der Waals surface area contributed by atoms with Gasteiger partial charge in [-0.05, 0) is 23.8 Å². The number of halogens is 1. The van der Waals surface area contributed by atoms with E-state index in [0.717, 1.165) is 22.4 Å². The number of para-hydroxylation sites is 1. The first-order valence-electron chi connectivity index (χ1n) is 11.0. The highest BCUT2D eigenvalue weighted by molar-refractivity contribution is 6.31.